The summed E-state index contributed by atoms with van der Waals surface area (Å²) in [4.78, 5) is 17.0. The maximum atomic E-state index is 12.1. The summed E-state index contributed by atoms with van der Waals surface area (Å²) in [5.74, 6) is 2.28. The van der Waals surface area contributed by atoms with Gasteiger partial charge in [0, 0.05) is 29.6 Å². The maximum Gasteiger partial charge on any atom is 0.257 e. The lowest BCUT2D eigenvalue weighted by atomic mass is 10.2. The Hall–Kier alpha value is -3.22. The minimum Gasteiger partial charge on any atom is -0.494 e. The van der Waals surface area contributed by atoms with Crippen molar-refractivity contribution in [3.05, 3.63) is 88.2 Å². The number of rotatable bonds is 12. The van der Waals surface area contributed by atoms with E-state index in [1.54, 1.807) is 24.3 Å². The summed E-state index contributed by atoms with van der Waals surface area (Å²) in [6, 6.07) is 20.8. The summed E-state index contributed by atoms with van der Waals surface area (Å²) in [5.41, 5.74) is 3.08. The Labute approximate surface area is 221 Å². The molecule has 4 rings (SSSR count). The summed E-state index contributed by atoms with van der Waals surface area (Å²) < 4.78 is 13.7. The van der Waals surface area contributed by atoms with Gasteiger partial charge in [-0.05, 0) is 79.9 Å². The average molecular weight is 526 g/mol. The minimum absolute atomic E-state index is 0.0344. The Bertz CT molecular complexity index is 1310. The Morgan fingerprint density at radius 1 is 0.972 bits per heavy atom. The van der Waals surface area contributed by atoms with Gasteiger partial charge in [-0.2, -0.15) is 0 Å². The van der Waals surface area contributed by atoms with Crippen LogP contribution in [0.15, 0.2) is 66.7 Å². The highest BCUT2D eigenvalue weighted by Crippen LogP contribution is 2.22. The van der Waals surface area contributed by atoms with E-state index in [-0.39, 0.29) is 12.5 Å². The minimum atomic E-state index is -0.159. The summed E-state index contributed by atoms with van der Waals surface area (Å²) in [7, 11) is 0. The SMILES string of the molecule is Cc1cc(OCCCn2c(CCCNC(=O)COc3ccc(Cl)cc3)nc3ccccc32)ccc1Cl. The first-order chi connectivity index (χ1) is 17.5. The van der Waals surface area contributed by atoms with Crippen LogP contribution in [-0.2, 0) is 17.8 Å². The first-order valence-corrected chi connectivity index (χ1v) is 12.7. The molecule has 0 aliphatic carbocycles. The quantitative estimate of drug-likeness (QED) is 0.222. The summed E-state index contributed by atoms with van der Waals surface area (Å²) in [6.07, 6.45) is 2.37. The van der Waals surface area contributed by atoms with Crippen molar-refractivity contribution in [3.63, 3.8) is 0 Å². The third kappa shape index (κ3) is 7.15. The molecule has 0 spiro atoms. The molecule has 0 radical (unpaired) electrons. The molecule has 1 heterocycles. The molecule has 0 aliphatic rings. The zero-order valence-corrected chi connectivity index (χ0v) is 21.7. The molecule has 4 aromatic rings. The van der Waals surface area contributed by atoms with Gasteiger partial charge < -0.3 is 19.4 Å². The molecule has 0 atom stereocenters. The number of benzene rings is 3. The number of carbonyl (C=O) groups is 1. The predicted molar refractivity (Wildman–Crippen MR) is 144 cm³/mol. The number of nitrogens with zero attached hydrogens (tertiary/aromatic N) is 2. The van der Waals surface area contributed by atoms with Crippen LogP contribution in [0.25, 0.3) is 11.0 Å². The van der Waals surface area contributed by atoms with E-state index < -0.39 is 0 Å². The third-order valence-corrected chi connectivity index (χ3v) is 6.42. The van der Waals surface area contributed by atoms with E-state index in [0.29, 0.717) is 23.9 Å². The third-order valence-electron chi connectivity index (χ3n) is 5.74. The normalized spacial score (nSPS) is 11.0. The number of ether oxygens (including phenoxy) is 2. The molecule has 3 aromatic carbocycles. The molecule has 1 aromatic heterocycles. The number of imidazole rings is 1. The Balaban J connectivity index is 1.25. The van der Waals surface area contributed by atoms with Gasteiger partial charge in [-0.15, -0.1) is 0 Å². The van der Waals surface area contributed by atoms with Gasteiger partial charge in [-0.1, -0.05) is 35.3 Å². The number of aryl methyl sites for hydroxylation is 3. The molecule has 0 fully saturated rings. The van der Waals surface area contributed by atoms with Gasteiger partial charge in [0.15, 0.2) is 6.61 Å². The molecule has 188 valence electrons. The molecule has 6 nitrogen and oxygen atoms in total. The second kappa shape index (κ2) is 12.7. The van der Waals surface area contributed by atoms with Crippen LogP contribution in [0.1, 0.15) is 24.2 Å². The predicted octanol–water partition coefficient (Wildman–Crippen LogP) is 6.25. The fourth-order valence-electron chi connectivity index (χ4n) is 3.89. The lowest BCUT2D eigenvalue weighted by molar-refractivity contribution is -0.123. The number of hydrogen-bond acceptors (Lipinski definition) is 4. The largest absolute Gasteiger partial charge is 0.494 e. The number of halogens is 2. The summed E-state index contributed by atoms with van der Waals surface area (Å²) in [5, 5.41) is 4.28. The molecule has 1 N–H and O–H groups in total. The van der Waals surface area contributed by atoms with Crippen molar-refractivity contribution in [3.8, 4) is 11.5 Å². The van der Waals surface area contributed by atoms with Crippen LogP contribution in [0.4, 0.5) is 0 Å². The molecule has 0 bridgehead atoms. The molecular formula is C28H29Cl2N3O3. The monoisotopic (exact) mass is 525 g/mol. The van der Waals surface area contributed by atoms with E-state index in [4.69, 9.17) is 37.7 Å². The van der Waals surface area contributed by atoms with Crippen LogP contribution in [0.2, 0.25) is 10.0 Å². The van der Waals surface area contributed by atoms with Crippen LogP contribution in [0.3, 0.4) is 0 Å². The lowest BCUT2D eigenvalue weighted by Crippen LogP contribution is -2.30. The smallest absolute Gasteiger partial charge is 0.257 e. The fourth-order valence-corrected chi connectivity index (χ4v) is 4.13. The van der Waals surface area contributed by atoms with Crippen LogP contribution in [-0.4, -0.2) is 35.2 Å². The lowest BCUT2D eigenvalue weighted by Gasteiger charge is -2.11. The van der Waals surface area contributed by atoms with Crippen molar-refractivity contribution in [1.29, 1.82) is 0 Å². The average Bonchev–Trinajstić information content (AvgIpc) is 3.23. The van der Waals surface area contributed by atoms with Gasteiger partial charge in [0.2, 0.25) is 0 Å². The van der Waals surface area contributed by atoms with Crippen molar-refractivity contribution in [1.82, 2.24) is 14.9 Å². The number of nitrogens with one attached hydrogen (secondary N) is 1. The molecule has 1 amide bonds. The second-order valence-corrected chi connectivity index (χ2v) is 9.32. The standard InChI is InChI=1S/C28H29Cl2N3O3/c1-20-18-23(13-14-24(20)30)35-17-5-16-33-26-7-3-2-6-25(26)32-27(33)8-4-15-31-28(34)19-36-22-11-9-21(29)10-12-22/h2-3,6-7,9-14,18H,4-5,8,15-17,19H2,1H3,(H,31,34). The van der Waals surface area contributed by atoms with Crippen molar-refractivity contribution in [2.45, 2.75) is 32.7 Å². The molecule has 0 saturated carbocycles. The van der Waals surface area contributed by atoms with Gasteiger partial charge in [-0.25, -0.2) is 4.98 Å². The zero-order valence-electron chi connectivity index (χ0n) is 20.2. The number of aromatic nitrogens is 2. The topological polar surface area (TPSA) is 65.4 Å². The molecule has 0 unspecified atom stereocenters. The van der Waals surface area contributed by atoms with E-state index in [2.05, 4.69) is 16.0 Å². The first kappa shape index (κ1) is 25.9. The number of amides is 1. The van der Waals surface area contributed by atoms with Gasteiger partial charge in [0.05, 0.1) is 17.6 Å². The van der Waals surface area contributed by atoms with Crippen molar-refractivity contribution in [2.24, 2.45) is 0 Å². The number of hydrogen-bond donors (Lipinski definition) is 1. The Morgan fingerprint density at radius 2 is 1.75 bits per heavy atom. The van der Waals surface area contributed by atoms with Crippen LogP contribution in [0, 0.1) is 6.92 Å². The van der Waals surface area contributed by atoms with E-state index in [1.807, 2.05) is 43.3 Å². The van der Waals surface area contributed by atoms with Crippen molar-refractivity contribution < 1.29 is 14.3 Å². The van der Waals surface area contributed by atoms with Gasteiger partial charge >= 0.3 is 0 Å². The first-order valence-electron chi connectivity index (χ1n) is 12.0. The number of carbonyl (C=O) groups excluding carboxylic acids is 1. The highest BCUT2D eigenvalue weighted by atomic mass is 35.5. The van der Waals surface area contributed by atoms with Gasteiger partial charge in [-0.3, -0.25) is 4.79 Å². The van der Waals surface area contributed by atoms with Crippen LogP contribution >= 0.6 is 23.2 Å². The molecule has 0 saturated heterocycles. The van der Waals surface area contributed by atoms with E-state index in [1.165, 1.54) is 0 Å². The maximum absolute atomic E-state index is 12.1. The summed E-state index contributed by atoms with van der Waals surface area (Å²) >= 11 is 12.0. The molecule has 36 heavy (non-hydrogen) atoms. The second-order valence-electron chi connectivity index (χ2n) is 8.48. The van der Waals surface area contributed by atoms with E-state index in [0.717, 1.165) is 59.0 Å². The fraction of sp³-hybridized carbons (Fsp3) is 0.286. The number of fused-ring (bicyclic) bond motifs is 1. The molecule has 8 heteroatoms. The zero-order chi connectivity index (χ0) is 25.3. The van der Waals surface area contributed by atoms with Gasteiger partial charge in [0.1, 0.15) is 17.3 Å². The van der Waals surface area contributed by atoms with E-state index in [9.17, 15) is 4.79 Å². The van der Waals surface area contributed by atoms with Crippen molar-refractivity contribution in [2.75, 3.05) is 19.8 Å². The Kier molecular flexibility index (Phi) is 9.09. The van der Waals surface area contributed by atoms with Gasteiger partial charge in [0.25, 0.3) is 5.91 Å². The molecule has 0 aliphatic heterocycles. The highest BCUT2D eigenvalue weighted by molar-refractivity contribution is 6.31. The van der Waals surface area contributed by atoms with Crippen LogP contribution < -0.4 is 14.8 Å². The number of para-hydroxylation sites is 2. The Morgan fingerprint density at radius 3 is 2.56 bits per heavy atom. The van der Waals surface area contributed by atoms with Crippen molar-refractivity contribution >= 4 is 40.1 Å². The molecular weight excluding hydrogens is 497 g/mol. The van der Waals surface area contributed by atoms with Crippen LogP contribution in [0.5, 0.6) is 11.5 Å². The van der Waals surface area contributed by atoms with E-state index >= 15 is 0 Å². The summed E-state index contributed by atoms with van der Waals surface area (Å²) in [6.45, 7) is 3.87. The highest BCUT2D eigenvalue weighted by Gasteiger charge is 2.11.